The van der Waals surface area contributed by atoms with Crippen LogP contribution in [0.1, 0.15) is 33.4 Å². The van der Waals surface area contributed by atoms with Crippen LogP contribution in [-0.2, 0) is 0 Å². The number of hydrogen-bond donors (Lipinski definition) is 0. The van der Waals surface area contributed by atoms with Gasteiger partial charge in [-0.3, -0.25) is 0 Å². The average molecular weight is 751 g/mol. The van der Waals surface area contributed by atoms with Crippen molar-refractivity contribution in [2.75, 3.05) is 4.90 Å². The van der Waals surface area contributed by atoms with E-state index >= 15 is 0 Å². The Morgan fingerprint density at radius 3 is 1.98 bits per heavy atom. The molecular weight excluding hydrogens is 711 g/mol. The number of nitrogens with zero attached hydrogens (tertiary/aromatic N) is 2. The second-order valence-corrected chi connectivity index (χ2v) is 17.4. The Labute approximate surface area is 336 Å². The summed E-state index contributed by atoms with van der Waals surface area (Å²) in [5.74, 6) is 0. The van der Waals surface area contributed by atoms with Crippen LogP contribution in [0.25, 0.3) is 76.4 Å². The predicted molar refractivity (Wildman–Crippen MR) is 244 cm³/mol. The smallest absolute Gasteiger partial charge is 0.333 e. The van der Waals surface area contributed by atoms with E-state index in [4.69, 9.17) is 4.42 Å². The molecule has 57 heavy (non-hydrogen) atoms. The molecule has 12 rings (SSSR count). The topological polar surface area (TPSA) is 21.3 Å². The normalized spacial score (nSPS) is 13.0. The highest BCUT2D eigenvalue weighted by Gasteiger charge is 2.44. The molecule has 0 amide bonds. The van der Waals surface area contributed by atoms with Crippen LogP contribution >= 0.6 is 11.3 Å². The molecule has 272 valence electrons. The van der Waals surface area contributed by atoms with E-state index in [-0.39, 0.29) is 6.85 Å². The summed E-state index contributed by atoms with van der Waals surface area (Å²) in [6.45, 7) is 13.4. The van der Waals surface area contributed by atoms with Crippen LogP contribution in [-0.4, -0.2) is 11.3 Å². The number of aromatic nitrogens is 1. The molecule has 2 aliphatic heterocycles. The van der Waals surface area contributed by atoms with Crippen LogP contribution in [0.2, 0.25) is 0 Å². The molecule has 7 aromatic carbocycles. The largest absolute Gasteiger partial charge is 0.455 e. The molecule has 5 heterocycles. The summed E-state index contributed by atoms with van der Waals surface area (Å²) in [4.78, 5) is 3.90. The van der Waals surface area contributed by atoms with Crippen LogP contribution in [0.15, 0.2) is 131 Å². The molecule has 0 aliphatic carbocycles. The number of hydrogen-bond acceptors (Lipinski definition) is 3. The Morgan fingerprint density at radius 2 is 1.25 bits per heavy atom. The number of para-hydroxylation sites is 2. The maximum Gasteiger partial charge on any atom is 0.333 e. The minimum atomic E-state index is -0.0109. The molecule has 5 heteroatoms. The summed E-state index contributed by atoms with van der Waals surface area (Å²) in [5, 5.41) is 7.20. The maximum atomic E-state index is 6.78. The van der Waals surface area contributed by atoms with Gasteiger partial charge >= 0.3 is 6.85 Å². The number of thiophene rings is 1. The van der Waals surface area contributed by atoms with Gasteiger partial charge in [0.2, 0.25) is 0 Å². The van der Waals surface area contributed by atoms with E-state index in [9.17, 15) is 0 Å². The summed E-state index contributed by atoms with van der Waals surface area (Å²) in [6.07, 6.45) is 0. The zero-order chi connectivity index (χ0) is 38.4. The molecule has 10 aromatic rings. The van der Waals surface area contributed by atoms with E-state index in [1.165, 1.54) is 121 Å². The molecule has 0 radical (unpaired) electrons. The van der Waals surface area contributed by atoms with Crippen molar-refractivity contribution in [2.45, 2.75) is 41.5 Å². The first kappa shape index (κ1) is 32.9. The summed E-state index contributed by atoms with van der Waals surface area (Å²) >= 11 is 1.88. The molecule has 0 unspecified atom stereocenters. The number of furan rings is 1. The minimum absolute atomic E-state index is 0.0109. The summed E-state index contributed by atoms with van der Waals surface area (Å²) < 4.78 is 9.42. The van der Waals surface area contributed by atoms with Crippen molar-refractivity contribution in [2.24, 2.45) is 0 Å². The van der Waals surface area contributed by atoms with E-state index in [2.05, 4.69) is 178 Å². The highest BCUT2D eigenvalue weighted by atomic mass is 32.1. The zero-order valence-electron chi connectivity index (χ0n) is 32.9. The summed E-state index contributed by atoms with van der Waals surface area (Å²) in [6, 6.07) is 45.6. The molecule has 2 aliphatic rings. The molecule has 0 saturated heterocycles. The van der Waals surface area contributed by atoms with Crippen molar-refractivity contribution >= 4 is 89.9 Å². The molecule has 3 aromatic heterocycles. The second kappa shape index (κ2) is 11.6. The molecule has 0 saturated carbocycles. The Bertz CT molecular complexity index is 3350. The molecular formula is C52H39BN2OS. The van der Waals surface area contributed by atoms with Crippen molar-refractivity contribution in [3.8, 4) is 32.7 Å². The summed E-state index contributed by atoms with van der Waals surface area (Å²) in [5.41, 5.74) is 25.0. The second-order valence-electron chi connectivity index (χ2n) is 16.5. The Hall–Kier alpha value is -6.30. The minimum Gasteiger partial charge on any atom is -0.455 e. The van der Waals surface area contributed by atoms with Gasteiger partial charge in [-0.25, -0.2) is 0 Å². The number of benzene rings is 7. The van der Waals surface area contributed by atoms with Crippen molar-refractivity contribution in [3.05, 3.63) is 160 Å². The molecule has 0 N–H and O–H groups in total. The van der Waals surface area contributed by atoms with Gasteiger partial charge in [-0.05, 0) is 133 Å². The van der Waals surface area contributed by atoms with Crippen molar-refractivity contribution < 1.29 is 4.42 Å². The average Bonchev–Trinajstić information content (AvgIpc) is 3.89. The first-order chi connectivity index (χ1) is 27.7. The van der Waals surface area contributed by atoms with Gasteiger partial charge in [0.05, 0.1) is 16.6 Å². The fraction of sp³-hybridized carbons (Fsp3) is 0.115. The lowest BCUT2D eigenvalue weighted by Crippen LogP contribution is -2.55. The number of aryl methyl sites for hydroxylation is 6. The first-order valence-corrected chi connectivity index (χ1v) is 20.8. The number of fused-ring (bicyclic) bond motifs is 11. The molecule has 0 fully saturated rings. The van der Waals surface area contributed by atoms with Crippen LogP contribution in [0.4, 0.5) is 17.1 Å². The lowest BCUT2D eigenvalue weighted by atomic mass is 9.46. The third-order valence-corrected chi connectivity index (χ3v) is 13.8. The van der Waals surface area contributed by atoms with Gasteiger partial charge < -0.3 is 13.8 Å². The van der Waals surface area contributed by atoms with E-state index in [1.807, 2.05) is 11.3 Å². The lowest BCUT2D eigenvalue weighted by molar-refractivity contribution is 0.673. The standard InChI is InChI=1S/C52H39BN2OS/c1-28-20-30(3)46(31(4)21-28)34-12-11-13-36(24-34)54-43-25-35(47-32(5)22-29(2)23-33(47)6)18-19-41(43)53-49-44(54)27-57-52(49)40-26-39-37-14-8-10-17-45(37)56-51(39)48-38-15-7-9-16-42(38)55(53)50(40)48/h7-27H,1-6H3. The van der Waals surface area contributed by atoms with Crippen LogP contribution in [0, 0.1) is 41.5 Å². The maximum absolute atomic E-state index is 6.78. The Balaban J connectivity index is 1.19. The number of rotatable bonds is 3. The Morgan fingerprint density at radius 1 is 0.579 bits per heavy atom. The van der Waals surface area contributed by atoms with Gasteiger partial charge in [-0.2, -0.15) is 0 Å². The van der Waals surface area contributed by atoms with Gasteiger partial charge in [0.1, 0.15) is 11.2 Å². The molecule has 0 spiro atoms. The van der Waals surface area contributed by atoms with Crippen LogP contribution in [0.5, 0.6) is 0 Å². The lowest BCUT2D eigenvalue weighted by Gasteiger charge is -2.38. The third kappa shape index (κ3) is 4.43. The molecule has 0 atom stereocenters. The fourth-order valence-corrected chi connectivity index (χ4v) is 11.9. The van der Waals surface area contributed by atoms with Gasteiger partial charge in [0.25, 0.3) is 0 Å². The quantitative estimate of drug-likeness (QED) is 0.168. The van der Waals surface area contributed by atoms with Gasteiger partial charge in [-0.15, -0.1) is 11.3 Å². The zero-order valence-corrected chi connectivity index (χ0v) is 33.7. The molecule has 3 nitrogen and oxygen atoms in total. The predicted octanol–water partition coefficient (Wildman–Crippen LogP) is 13.4. The molecule has 0 bridgehead atoms. The van der Waals surface area contributed by atoms with Crippen LogP contribution in [0.3, 0.4) is 0 Å². The first-order valence-electron chi connectivity index (χ1n) is 19.9. The SMILES string of the molecule is Cc1cc(C)c(-c2cccc(N3c4cc(-c5c(C)cc(C)cc5C)ccc4B4c5c3csc5-c3cc5c6ccccc6oc5c5c6ccccc6n4c35)c2)c(C)c1. The van der Waals surface area contributed by atoms with E-state index < -0.39 is 0 Å². The van der Waals surface area contributed by atoms with Crippen molar-refractivity contribution in [1.82, 2.24) is 4.48 Å². The van der Waals surface area contributed by atoms with Gasteiger partial charge in [-0.1, -0.05) is 96.1 Å². The highest BCUT2D eigenvalue weighted by Crippen LogP contribution is 2.51. The fourth-order valence-electron chi connectivity index (χ4n) is 10.8. The summed E-state index contributed by atoms with van der Waals surface area (Å²) in [7, 11) is 0. The van der Waals surface area contributed by atoms with Crippen molar-refractivity contribution in [1.29, 1.82) is 0 Å². The highest BCUT2D eigenvalue weighted by molar-refractivity contribution is 7.17. The van der Waals surface area contributed by atoms with E-state index in [0.717, 1.165) is 16.6 Å². The van der Waals surface area contributed by atoms with Crippen LogP contribution < -0.4 is 15.8 Å². The van der Waals surface area contributed by atoms with Gasteiger partial charge in [0, 0.05) is 48.9 Å². The number of anilines is 3. The van der Waals surface area contributed by atoms with E-state index in [0.29, 0.717) is 0 Å². The van der Waals surface area contributed by atoms with Gasteiger partial charge in [0.15, 0.2) is 0 Å². The Kier molecular flexibility index (Phi) is 6.71. The third-order valence-electron chi connectivity index (χ3n) is 12.7. The monoisotopic (exact) mass is 750 g/mol. The van der Waals surface area contributed by atoms with E-state index in [1.54, 1.807) is 0 Å². The van der Waals surface area contributed by atoms with Crippen molar-refractivity contribution in [3.63, 3.8) is 0 Å².